The van der Waals surface area contributed by atoms with Crippen molar-refractivity contribution >= 4 is 15.9 Å². The van der Waals surface area contributed by atoms with Gasteiger partial charge in [-0.3, -0.25) is 0 Å². The van der Waals surface area contributed by atoms with Gasteiger partial charge in [-0.2, -0.15) is 0 Å². The zero-order valence-electron chi connectivity index (χ0n) is 12.6. The summed E-state index contributed by atoms with van der Waals surface area (Å²) in [7, 11) is 0. The first-order chi connectivity index (χ1) is 10.2. The standard InChI is InChI=1S/C19H22BrN/c1-3-21-19(15-9-13(2)10-16(20)11-15)18-12-17(18)14-7-5-4-6-8-14/h4-11,17-19,21H,3,12H2,1-2H3. The van der Waals surface area contributed by atoms with E-state index in [1.54, 1.807) is 0 Å². The lowest BCUT2D eigenvalue weighted by atomic mass is 9.97. The maximum Gasteiger partial charge on any atom is 0.0355 e. The minimum absolute atomic E-state index is 0.455. The van der Waals surface area contributed by atoms with E-state index in [1.807, 2.05) is 0 Å². The summed E-state index contributed by atoms with van der Waals surface area (Å²) in [4.78, 5) is 0. The Bertz CT molecular complexity index is 588. The number of nitrogens with one attached hydrogen (secondary N) is 1. The molecule has 0 amide bonds. The highest BCUT2D eigenvalue weighted by atomic mass is 79.9. The van der Waals surface area contributed by atoms with E-state index >= 15 is 0 Å². The minimum atomic E-state index is 0.455. The molecule has 3 unspecified atom stereocenters. The summed E-state index contributed by atoms with van der Waals surface area (Å²) in [6.07, 6.45) is 1.28. The van der Waals surface area contributed by atoms with Crippen molar-refractivity contribution in [1.29, 1.82) is 0 Å². The SMILES string of the molecule is CCNC(c1cc(C)cc(Br)c1)C1CC1c1ccccc1. The fraction of sp³-hybridized carbons (Fsp3) is 0.368. The summed E-state index contributed by atoms with van der Waals surface area (Å²) in [5.74, 6) is 1.41. The van der Waals surface area contributed by atoms with E-state index in [4.69, 9.17) is 0 Å². The summed E-state index contributed by atoms with van der Waals surface area (Å²) < 4.78 is 1.18. The molecule has 0 aliphatic heterocycles. The second-order valence-corrected chi connectivity index (χ2v) is 6.93. The normalized spacial score (nSPS) is 22.0. The van der Waals surface area contributed by atoms with E-state index in [1.165, 1.54) is 27.6 Å². The minimum Gasteiger partial charge on any atom is -0.310 e. The van der Waals surface area contributed by atoms with Crippen LogP contribution in [0, 0.1) is 12.8 Å². The quantitative estimate of drug-likeness (QED) is 0.785. The summed E-state index contributed by atoms with van der Waals surface area (Å²) in [6.45, 7) is 5.37. The third-order valence-corrected chi connectivity index (χ3v) is 4.80. The number of aryl methyl sites for hydroxylation is 1. The maximum atomic E-state index is 3.69. The van der Waals surface area contributed by atoms with E-state index in [2.05, 4.69) is 83.6 Å². The molecule has 1 saturated carbocycles. The van der Waals surface area contributed by atoms with Gasteiger partial charge in [-0.15, -0.1) is 0 Å². The van der Waals surface area contributed by atoms with Crippen molar-refractivity contribution in [2.75, 3.05) is 6.54 Å². The lowest BCUT2D eigenvalue weighted by Gasteiger charge is -2.20. The third kappa shape index (κ3) is 3.38. The van der Waals surface area contributed by atoms with E-state index in [0.29, 0.717) is 17.9 Å². The Kier molecular flexibility index (Phi) is 4.46. The number of hydrogen-bond acceptors (Lipinski definition) is 1. The fourth-order valence-electron chi connectivity index (χ4n) is 3.35. The molecule has 0 radical (unpaired) electrons. The first-order valence-electron chi connectivity index (χ1n) is 7.74. The van der Waals surface area contributed by atoms with Crippen molar-refractivity contribution in [3.05, 3.63) is 69.7 Å². The van der Waals surface area contributed by atoms with Crippen LogP contribution in [0.1, 0.15) is 42.0 Å². The Labute approximate surface area is 135 Å². The van der Waals surface area contributed by atoms with Gasteiger partial charge in [-0.1, -0.05) is 59.3 Å². The highest BCUT2D eigenvalue weighted by Gasteiger charge is 2.44. The average molecular weight is 344 g/mol. The topological polar surface area (TPSA) is 12.0 Å². The zero-order chi connectivity index (χ0) is 14.8. The van der Waals surface area contributed by atoms with Gasteiger partial charge in [0.05, 0.1) is 0 Å². The van der Waals surface area contributed by atoms with Crippen LogP contribution in [0.15, 0.2) is 53.0 Å². The van der Waals surface area contributed by atoms with Crippen molar-refractivity contribution in [3.8, 4) is 0 Å². The van der Waals surface area contributed by atoms with Crippen LogP contribution in [0.5, 0.6) is 0 Å². The van der Waals surface area contributed by atoms with Crippen molar-refractivity contribution in [3.63, 3.8) is 0 Å². The Morgan fingerprint density at radius 2 is 1.95 bits per heavy atom. The average Bonchev–Trinajstić information content (AvgIpc) is 3.25. The van der Waals surface area contributed by atoms with Crippen LogP contribution in [-0.2, 0) is 0 Å². The second-order valence-electron chi connectivity index (χ2n) is 6.01. The molecule has 3 atom stereocenters. The Morgan fingerprint density at radius 1 is 1.19 bits per heavy atom. The summed E-state index contributed by atoms with van der Waals surface area (Å²) >= 11 is 3.63. The third-order valence-electron chi connectivity index (χ3n) is 4.34. The van der Waals surface area contributed by atoms with E-state index in [0.717, 1.165) is 6.54 Å². The van der Waals surface area contributed by atoms with Crippen LogP contribution in [-0.4, -0.2) is 6.54 Å². The molecule has 2 aromatic carbocycles. The van der Waals surface area contributed by atoms with E-state index in [9.17, 15) is 0 Å². The van der Waals surface area contributed by atoms with Gasteiger partial charge in [0, 0.05) is 10.5 Å². The molecule has 2 aromatic rings. The van der Waals surface area contributed by atoms with Crippen LogP contribution < -0.4 is 5.32 Å². The van der Waals surface area contributed by atoms with Crippen LogP contribution >= 0.6 is 15.9 Å². The van der Waals surface area contributed by atoms with Gasteiger partial charge in [-0.25, -0.2) is 0 Å². The van der Waals surface area contributed by atoms with Gasteiger partial charge in [0.25, 0.3) is 0 Å². The molecule has 1 aliphatic rings. The molecule has 0 aromatic heterocycles. The molecular formula is C19H22BrN. The number of hydrogen-bond donors (Lipinski definition) is 1. The smallest absolute Gasteiger partial charge is 0.0355 e. The Balaban J connectivity index is 1.83. The molecule has 0 bridgehead atoms. The molecule has 21 heavy (non-hydrogen) atoms. The van der Waals surface area contributed by atoms with Gasteiger partial charge >= 0.3 is 0 Å². The molecule has 0 spiro atoms. The van der Waals surface area contributed by atoms with Gasteiger partial charge in [0.2, 0.25) is 0 Å². The molecule has 2 heteroatoms. The first-order valence-corrected chi connectivity index (χ1v) is 8.53. The molecule has 3 rings (SSSR count). The molecule has 1 nitrogen and oxygen atoms in total. The van der Waals surface area contributed by atoms with E-state index in [-0.39, 0.29) is 0 Å². The van der Waals surface area contributed by atoms with E-state index < -0.39 is 0 Å². The zero-order valence-corrected chi connectivity index (χ0v) is 14.2. The molecule has 110 valence electrons. The molecule has 1 fully saturated rings. The summed E-state index contributed by atoms with van der Waals surface area (Å²) in [5, 5.41) is 3.69. The Morgan fingerprint density at radius 3 is 2.62 bits per heavy atom. The lowest BCUT2D eigenvalue weighted by molar-refractivity contribution is 0.486. The molecule has 1 N–H and O–H groups in total. The van der Waals surface area contributed by atoms with Gasteiger partial charge < -0.3 is 5.32 Å². The van der Waals surface area contributed by atoms with Crippen molar-refractivity contribution in [2.24, 2.45) is 5.92 Å². The molecule has 1 aliphatic carbocycles. The van der Waals surface area contributed by atoms with Crippen LogP contribution in [0.3, 0.4) is 0 Å². The monoisotopic (exact) mass is 343 g/mol. The molecular weight excluding hydrogens is 322 g/mol. The van der Waals surface area contributed by atoms with Gasteiger partial charge in [-0.05, 0) is 60.5 Å². The molecule has 0 saturated heterocycles. The first kappa shape index (κ1) is 14.8. The number of halogens is 1. The summed E-state index contributed by atoms with van der Waals surface area (Å²) in [5.41, 5.74) is 4.21. The van der Waals surface area contributed by atoms with Crippen molar-refractivity contribution in [1.82, 2.24) is 5.32 Å². The van der Waals surface area contributed by atoms with Crippen molar-refractivity contribution < 1.29 is 0 Å². The fourth-order valence-corrected chi connectivity index (χ4v) is 3.97. The van der Waals surface area contributed by atoms with Crippen LogP contribution in [0.25, 0.3) is 0 Å². The number of benzene rings is 2. The molecule has 0 heterocycles. The highest BCUT2D eigenvalue weighted by Crippen LogP contribution is 2.54. The largest absolute Gasteiger partial charge is 0.310 e. The Hall–Kier alpha value is -1.12. The highest BCUT2D eigenvalue weighted by molar-refractivity contribution is 9.10. The van der Waals surface area contributed by atoms with Gasteiger partial charge in [0.15, 0.2) is 0 Å². The number of rotatable bonds is 5. The van der Waals surface area contributed by atoms with Crippen LogP contribution in [0.4, 0.5) is 0 Å². The second kappa shape index (κ2) is 6.33. The van der Waals surface area contributed by atoms with Crippen molar-refractivity contribution in [2.45, 2.75) is 32.2 Å². The maximum absolute atomic E-state index is 3.69. The predicted octanol–water partition coefficient (Wildman–Crippen LogP) is 5.21. The van der Waals surface area contributed by atoms with Crippen LogP contribution in [0.2, 0.25) is 0 Å². The predicted molar refractivity (Wildman–Crippen MR) is 92.6 cm³/mol. The van der Waals surface area contributed by atoms with Gasteiger partial charge in [0.1, 0.15) is 0 Å². The summed E-state index contributed by atoms with van der Waals surface area (Å²) in [6, 6.07) is 18.1. The lowest BCUT2D eigenvalue weighted by Crippen LogP contribution is -2.23.